The van der Waals surface area contributed by atoms with Gasteiger partial charge in [-0.05, 0) is 91.3 Å². The van der Waals surface area contributed by atoms with Gasteiger partial charge in [0.15, 0.2) is 0 Å². The minimum absolute atomic E-state index is 0. The van der Waals surface area contributed by atoms with Gasteiger partial charge in [0, 0.05) is 54.0 Å². The van der Waals surface area contributed by atoms with E-state index in [1.54, 1.807) is 24.3 Å². The number of benzene rings is 3. The predicted octanol–water partition coefficient (Wildman–Crippen LogP) is 4.43. The molecule has 1 aliphatic rings. The number of ether oxygens (including phenoxy) is 1. The molecule has 0 amide bonds. The SMILES string of the molecule is CC(=O)Oc1ccccc1C(=O)O.Cc1ccc2c(c1CCC(=O)O)CC[C@@H](NS(=O)(=O)c1ccc(Cl)cc1)C2.[Na]. The molecule has 1 radical (unpaired) electrons. The zero-order valence-corrected chi connectivity index (χ0v) is 26.6. The van der Waals surface area contributed by atoms with Gasteiger partial charge in [-0.1, -0.05) is 35.9 Å². The van der Waals surface area contributed by atoms with Crippen LogP contribution in [0.3, 0.4) is 0 Å². The number of carboxylic acid groups (broad SMARTS) is 2. The Morgan fingerprint density at radius 2 is 1.68 bits per heavy atom. The van der Waals surface area contributed by atoms with Crippen LogP contribution in [0.15, 0.2) is 65.6 Å². The number of fused-ring (bicyclic) bond motifs is 1. The van der Waals surface area contributed by atoms with E-state index in [1.165, 1.54) is 36.8 Å². The summed E-state index contributed by atoms with van der Waals surface area (Å²) in [5.41, 5.74) is 4.44. The molecule has 41 heavy (non-hydrogen) atoms. The third-order valence-electron chi connectivity index (χ3n) is 6.38. The van der Waals surface area contributed by atoms with E-state index in [0.717, 1.165) is 23.1 Å². The molecule has 1 aliphatic carbocycles. The Bertz CT molecular complexity index is 1510. The van der Waals surface area contributed by atoms with Crippen LogP contribution in [0.1, 0.15) is 52.4 Å². The van der Waals surface area contributed by atoms with E-state index < -0.39 is 27.9 Å². The first-order chi connectivity index (χ1) is 18.9. The van der Waals surface area contributed by atoms with Gasteiger partial charge in [0.2, 0.25) is 10.0 Å². The number of hydrogen-bond acceptors (Lipinski definition) is 6. The average molecular weight is 611 g/mol. The zero-order chi connectivity index (χ0) is 29.4. The Labute approximate surface area is 266 Å². The number of esters is 1. The second-order valence-corrected chi connectivity index (χ2v) is 11.5. The van der Waals surface area contributed by atoms with Gasteiger partial charge >= 0.3 is 17.9 Å². The molecule has 0 unspecified atom stereocenters. The fourth-order valence-electron chi connectivity index (χ4n) is 4.52. The smallest absolute Gasteiger partial charge is 0.339 e. The molecule has 0 fully saturated rings. The Kier molecular flexibility index (Phi) is 13.0. The molecule has 0 bridgehead atoms. The number of nitrogens with one attached hydrogen (secondary N) is 1. The number of para-hydroxylation sites is 1. The molecule has 0 heterocycles. The van der Waals surface area contributed by atoms with E-state index in [2.05, 4.69) is 9.46 Å². The molecule has 4 rings (SSSR count). The van der Waals surface area contributed by atoms with Gasteiger partial charge in [0.25, 0.3) is 0 Å². The Hall–Kier alpha value is -2.73. The van der Waals surface area contributed by atoms with E-state index in [4.69, 9.17) is 21.8 Å². The summed E-state index contributed by atoms with van der Waals surface area (Å²) >= 11 is 5.83. The van der Waals surface area contributed by atoms with Gasteiger partial charge in [-0.2, -0.15) is 0 Å². The van der Waals surface area contributed by atoms with E-state index in [1.807, 2.05) is 19.1 Å². The molecule has 0 spiro atoms. The largest absolute Gasteiger partial charge is 0.481 e. The van der Waals surface area contributed by atoms with Crippen LogP contribution in [0, 0.1) is 6.92 Å². The minimum Gasteiger partial charge on any atom is -0.481 e. The van der Waals surface area contributed by atoms with Gasteiger partial charge in [0.05, 0.1) is 4.90 Å². The monoisotopic (exact) mass is 610 g/mol. The number of carboxylic acids is 2. The maximum absolute atomic E-state index is 12.6. The summed E-state index contributed by atoms with van der Waals surface area (Å²) in [7, 11) is -3.61. The van der Waals surface area contributed by atoms with Crippen molar-refractivity contribution in [2.45, 2.75) is 56.9 Å². The summed E-state index contributed by atoms with van der Waals surface area (Å²) in [5.74, 6) is -2.38. The molecule has 12 heteroatoms. The molecular formula is C29H30ClNNaO8S. The summed E-state index contributed by atoms with van der Waals surface area (Å²) in [5, 5.41) is 18.2. The number of rotatable bonds is 8. The first-order valence-electron chi connectivity index (χ1n) is 12.5. The number of carbonyl (C=O) groups is 3. The molecule has 0 saturated heterocycles. The topological polar surface area (TPSA) is 147 Å². The van der Waals surface area contributed by atoms with Crippen LogP contribution in [0.25, 0.3) is 0 Å². The van der Waals surface area contributed by atoms with Crippen molar-refractivity contribution in [3.05, 3.63) is 93.5 Å². The fourth-order valence-corrected chi connectivity index (χ4v) is 5.91. The van der Waals surface area contributed by atoms with Crippen LogP contribution in [0.2, 0.25) is 5.02 Å². The standard InChI is InChI=1S/C20H22ClNO4S.C9H8O4.Na/c1-13-2-3-14-12-16(6-9-19(14)18(13)10-11-20(23)24)22-27(25,26)17-7-4-15(21)5-8-17;1-6(10)13-8-5-3-2-4-7(8)9(11)12;/h2-5,7-8,16,22H,6,9-12H2,1H3,(H,23,24);2-5H,1H3,(H,11,12);/t16-;;/m1../s1. The molecule has 3 N–H and O–H groups in total. The number of halogens is 1. The predicted molar refractivity (Wildman–Crippen MR) is 155 cm³/mol. The Balaban J connectivity index is 0.000000355. The number of aryl methyl sites for hydroxylation is 1. The summed E-state index contributed by atoms with van der Waals surface area (Å²) in [6, 6.07) is 15.9. The molecular weight excluding hydrogens is 581 g/mol. The molecule has 1 atom stereocenters. The van der Waals surface area contributed by atoms with Gasteiger partial charge in [0.1, 0.15) is 11.3 Å². The van der Waals surface area contributed by atoms with E-state index in [0.29, 0.717) is 24.3 Å². The first-order valence-corrected chi connectivity index (χ1v) is 14.3. The molecule has 3 aromatic rings. The van der Waals surface area contributed by atoms with Gasteiger partial charge in [-0.15, -0.1) is 0 Å². The molecule has 0 aliphatic heterocycles. The zero-order valence-electron chi connectivity index (χ0n) is 23.0. The van der Waals surface area contributed by atoms with Crippen molar-refractivity contribution in [2.24, 2.45) is 0 Å². The first kappa shape index (κ1) is 34.5. The van der Waals surface area contributed by atoms with Crippen LogP contribution < -0.4 is 9.46 Å². The maximum atomic E-state index is 12.6. The maximum Gasteiger partial charge on any atom is 0.339 e. The van der Waals surface area contributed by atoms with Crippen molar-refractivity contribution < 1.29 is 37.8 Å². The molecule has 0 saturated carbocycles. The summed E-state index contributed by atoms with van der Waals surface area (Å²) in [4.78, 5) is 32.3. The number of sulfonamides is 1. The fraction of sp³-hybridized carbons (Fsp3) is 0.276. The quantitative estimate of drug-likeness (QED) is 0.193. The van der Waals surface area contributed by atoms with Crippen molar-refractivity contribution in [1.82, 2.24) is 4.72 Å². The number of aliphatic carboxylic acids is 1. The van der Waals surface area contributed by atoms with E-state index >= 15 is 0 Å². The molecule has 213 valence electrons. The summed E-state index contributed by atoms with van der Waals surface area (Å²) in [6.45, 7) is 3.21. The van der Waals surface area contributed by atoms with Crippen molar-refractivity contribution in [3.63, 3.8) is 0 Å². The normalized spacial score (nSPS) is 14.0. The van der Waals surface area contributed by atoms with Crippen LogP contribution in [0.5, 0.6) is 5.75 Å². The molecule has 0 aromatic heterocycles. The van der Waals surface area contributed by atoms with Crippen molar-refractivity contribution >= 4 is 69.1 Å². The summed E-state index contributed by atoms with van der Waals surface area (Å²) in [6.07, 6.45) is 2.63. The van der Waals surface area contributed by atoms with Crippen molar-refractivity contribution in [2.75, 3.05) is 0 Å². The Morgan fingerprint density at radius 3 is 2.29 bits per heavy atom. The third kappa shape index (κ3) is 9.95. The third-order valence-corrected chi connectivity index (χ3v) is 8.17. The van der Waals surface area contributed by atoms with Gasteiger partial charge in [-0.25, -0.2) is 17.9 Å². The number of hydrogen-bond donors (Lipinski definition) is 3. The molecule has 3 aromatic carbocycles. The van der Waals surface area contributed by atoms with Crippen molar-refractivity contribution in [1.29, 1.82) is 0 Å². The van der Waals surface area contributed by atoms with Gasteiger partial charge < -0.3 is 14.9 Å². The van der Waals surface area contributed by atoms with E-state index in [-0.39, 0.29) is 58.2 Å². The van der Waals surface area contributed by atoms with Gasteiger partial charge in [-0.3, -0.25) is 9.59 Å². The summed E-state index contributed by atoms with van der Waals surface area (Å²) < 4.78 is 32.7. The van der Waals surface area contributed by atoms with Crippen molar-refractivity contribution in [3.8, 4) is 5.75 Å². The van der Waals surface area contributed by atoms with Crippen LogP contribution in [-0.2, 0) is 38.9 Å². The van der Waals surface area contributed by atoms with Crippen LogP contribution >= 0.6 is 11.6 Å². The number of carbonyl (C=O) groups excluding carboxylic acids is 1. The second-order valence-electron chi connectivity index (χ2n) is 9.30. The van der Waals surface area contributed by atoms with Crippen LogP contribution in [0.4, 0.5) is 0 Å². The average Bonchev–Trinajstić information content (AvgIpc) is 2.88. The second kappa shape index (κ2) is 15.5. The molecule has 9 nitrogen and oxygen atoms in total. The Morgan fingerprint density at radius 1 is 1.02 bits per heavy atom. The number of aromatic carboxylic acids is 1. The van der Waals surface area contributed by atoms with Crippen LogP contribution in [-0.4, -0.2) is 72.1 Å². The minimum atomic E-state index is -3.61. The van der Waals surface area contributed by atoms with E-state index in [9.17, 15) is 22.8 Å².